The van der Waals surface area contributed by atoms with E-state index in [-0.39, 0.29) is 11.2 Å². The van der Waals surface area contributed by atoms with Crippen molar-refractivity contribution in [2.24, 2.45) is 0 Å². The fraction of sp³-hybridized carbons (Fsp3) is 0.545. The third-order valence-corrected chi connectivity index (χ3v) is 3.44. The monoisotopic (exact) mass is 239 g/mol. The molecule has 1 aromatic rings. The van der Waals surface area contributed by atoms with Gasteiger partial charge < -0.3 is 9.31 Å². The van der Waals surface area contributed by atoms with E-state index in [1.807, 2.05) is 39.8 Å². The van der Waals surface area contributed by atoms with E-state index >= 15 is 0 Å². The van der Waals surface area contributed by atoms with Gasteiger partial charge in [-0.2, -0.15) is 0 Å². The highest BCUT2D eigenvalue weighted by atomic mass is 35.5. The van der Waals surface area contributed by atoms with Crippen LogP contribution in [0.3, 0.4) is 0 Å². The number of hydrogen-bond acceptors (Lipinski definition) is 3. The zero-order valence-corrected chi connectivity index (χ0v) is 10.7. The van der Waals surface area contributed by atoms with Gasteiger partial charge in [-0.05, 0) is 39.8 Å². The van der Waals surface area contributed by atoms with Gasteiger partial charge in [0.15, 0.2) is 0 Å². The minimum absolute atomic E-state index is 0.346. The second kappa shape index (κ2) is 3.72. The van der Waals surface area contributed by atoms with Crippen molar-refractivity contribution >= 4 is 24.3 Å². The van der Waals surface area contributed by atoms with Gasteiger partial charge in [0.05, 0.1) is 16.8 Å². The van der Waals surface area contributed by atoms with Crippen LogP contribution in [0.25, 0.3) is 0 Å². The SMILES string of the molecule is CC1(C)OB(c2cccc(Cl)n2)OC1(C)C. The molecular weight excluding hydrogens is 224 g/mol. The Morgan fingerprint density at radius 3 is 2.19 bits per heavy atom. The second-order valence-corrected chi connectivity index (χ2v) is 5.36. The van der Waals surface area contributed by atoms with Crippen molar-refractivity contribution in [3.05, 3.63) is 23.4 Å². The molecule has 0 unspecified atom stereocenters. The average molecular weight is 240 g/mol. The van der Waals surface area contributed by atoms with Crippen LogP contribution in [0.4, 0.5) is 0 Å². The molecule has 0 bridgehead atoms. The molecule has 0 atom stereocenters. The third kappa shape index (κ3) is 1.97. The molecule has 0 N–H and O–H groups in total. The first kappa shape index (κ1) is 11.9. The lowest BCUT2D eigenvalue weighted by molar-refractivity contribution is 0.00578. The molecule has 3 nitrogen and oxygen atoms in total. The highest BCUT2D eigenvalue weighted by Gasteiger charge is 2.52. The molecule has 16 heavy (non-hydrogen) atoms. The highest BCUT2D eigenvalue weighted by molar-refractivity contribution is 6.61. The first-order chi connectivity index (χ1) is 7.32. The van der Waals surface area contributed by atoms with Crippen molar-refractivity contribution in [1.82, 2.24) is 4.98 Å². The summed E-state index contributed by atoms with van der Waals surface area (Å²) in [6.07, 6.45) is 0. The Kier molecular flexibility index (Phi) is 2.77. The van der Waals surface area contributed by atoms with Crippen molar-refractivity contribution < 1.29 is 9.31 Å². The predicted octanol–water partition coefficient (Wildman–Crippen LogP) is 2.03. The summed E-state index contributed by atoms with van der Waals surface area (Å²) in [5.74, 6) is 0. The first-order valence-corrected chi connectivity index (χ1v) is 5.68. The molecule has 2 rings (SSSR count). The number of pyridine rings is 1. The Balaban J connectivity index is 2.27. The van der Waals surface area contributed by atoms with Crippen molar-refractivity contribution in [1.29, 1.82) is 0 Å². The van der Waals surface area contributed by atoms with Crippen LogP contribution in [0.2, 0.25) is 5.15 Å². The number of halogens is 1. The van der Waals surface area contributed by atoms with E-state index in [4.69, 9.17) is 20.9 Å². The molecule has 0 aliphatic carbocycles. The fourth-order valence-electron chi connectivity index (χ4n) is 1.52. The van der Waals surface area contributed by atoms with E-state index in [0.29, 0.717) is 10.7 Å². The van der Waals surface area contributed by atoms with E-state index in [9.17, 15) is 0 Å². The van der Waals surface area contributed by atoms with Gasteiger partial charge in [0.1, 0.15) is 5.15 Å². The maximum Gasteiger partial charge on any atom is 0.514 e. The topological polar surface area (TPSA) is 31.4 Å². The normalized spacial score (nSPS) is 22.4. The molecule has 5 heteroatoms. The lowest BCUT2D eigenvalue weighted by Crippen LogP contribution is -2.41. The molecular formula is C11H15BClNO2. The Morgan fingerprint density at radius 1 is 1.12 bits per heavy atom. The summed E-state index contributed by atoms with van der Waals surface area (Å²) in [5, 5.41) is 0.451. The molecule has 2 heterocycles. The van der Waals surface area contributed by atoms with Gasteiger partial charge in [0.25, 0.3) is 0 Å². The van der Waals surface area contributed by atoms with Gasteiger partial charge in [-0.15, -0.1) is 0 Å². The lowest BCUT2D eigenvalue weighted by Gasteiger charge is -2.32. The molecule has 0 aromatic carbocycles. The summed E-state index contributed by atoms with van der Waals surface area (Å²) in [6.45, 7) is 8.05. The highest BCUT2D eigenvalue weighted by Crippen LogP contribution is 2.36. The molecule has 1 saturated heterocycles. The summed E-state index contributed by atoms with van der Waals surface area (Å²) in [5.41, 5.74) is 0.0229. The predicted molar refractivity (Wildman–Crippen MR) is 65.0 cm³/mol. The first-order valence-electron chi connectivity index (χ1n) is 5.30. The zero-order valence-electron chi connectivity index (χ0n) is 9.95. The standard InChI is InChI=1S/C11H15BClNO2/c1-10(2)11(3,4)16-12(15-10)8-6-5-7-9(13)14-8/h5-7H,1-4H3. The van der Waals surface area contributed by atoms with Crippen LogP contribution >= 0.6 is 11.6 Å². The van der Waals surface area contributed by atoms with Gasteiger partial charge in [-0.3, -0.25) is 0 Å². The maximum atomic E-state index is 5.86. The Bertz CT molecular complexity index is 393. The zero-order chi connectivity index (χ0) is 12.0. The Labute approximate surface area is 101 Å². The summed E-state index contributed by atoms with van der Waals surface area (Å²) in [4.78, 5) is 4.20. The Morgan fingerprint density at radius 2 is 1.69 bits per heavy atom. The van der Waals surface area contributed by atoms with Crippen molar-refractivity contribution in [2.45, 2.75) is 38.9 Å². The second-order valence-electron chi connectivity index (χ2n) is 4.97. The fourth-order valence-corrected chi connectivity index (χ4v) is 1.69. The largest absolute Gasteiger partial charge is 0.514 e. The van der Waals surface area contributed by atoms with Crippen LogP contribution in [0.1, 0.15) is 27.7 Å². The van der Waals surface area contributed by atoms with Gasteiger partial charge in [-0.25, -0.2) is 4.98 Å². The van der Waals surface area contributed by atoms with E-state index in [2.05, 4.69) is 4.98 Å². The number of aromatic nitrogens is 1. The van der Waals surface area contributed by atoms with E-state index < -0.39 is 7.12 Å². The molecule has 1 fully saturated rings. The van der Waals surface area contributed by atoms with Crippen LogP contribution in [0.5, 0.6) is 0 Å². The quantitative estimate of drug-likeness (QED) is 0.555. The van der Waals surface area contributed by atoms with Crippen LogP contribution in [0.15, 0.2) is 18.2 Å². The molecule has 0 saturated carbocycles. The van der Waals surface area contributed by atoms with Crippen LogP contribution in [-0.2, 0) is 9.31 Å². The smallest absolute Gasteiger partial charge is 0.398 e. The molecule has 0 amide bonds. The van der Waals surface area contributed by atoms with Gasteiger partial charge in [-0.1, -0.05) is 17.7 Å². The Hall–Kier alpha value is -0.575. The van der Waals surface area contributed by atoms with Crippen molar-refractivity contribution in [2.75, 3.05) is 0 Å². The summed E-state index contributed by atoms with van der Waals surface area (Å²) in [6, 6.07) is 5.43. The minimum Gasteiger partial charge on any atom is -0.398 e. The number of nitrogens with zero attached hydrogens (tertiary/aromatic N) is 1. The molecule has 0 spiro atoms. The molecule has 1 aliphatic heterocycles. The average Bonchev–Trinajstić information content (AvgIpc) is 2.36. The van der Waals surface area contributed by atoms with E-state index in [0.717, 1.165) is 0 Å². The minimum atomic E-state index is -0.441. The van der Waals surface area contributed by atoms with Gasteiger partial charge >= 0.3 is 7.12 Å². The van der Waals surface area contributed by atoms with E-state index in [1.165, 1.54) is 0 Å². The van der Waals surface area contributed by atoms with Crippen molar-refractivity contribution in [3.8, 4) is 0 Å². The van der Waals surface area contributed by atoms with Crippen molar-refractivity contribution in [3.63, 3.8) is 0 Å². The lowest BCUT2D eigenvalue weighted by atomic mass is 9.84. The molecule has 1 aliphatic rings. The van der Waals surface area contributed by atoms with Gasteiger partial charge in [0.2, 0.25) is 0 Å². The third-order valence-electron chi connectivity index (χ3n) is 3.23. The summed E-state index contributed by atoms with van der Waals surface area (Å²) in [7, 11) is -0.441. The van der Waals surface area contributed by atoms with Crippen LogP contribution < -0.4 is 5.59 Å². The number of hydrogen-bond donors (Lipinski definition) is 0. The van der Waals surface area contributed by atoms with Crippen LogP contribution in [-0.4, -0.2) is 23.3 Å². The molecule has 1 aromatic heterocycles. The van der Waals surface area contributed by atoms with Gasteiger partial charge in [0, 0.05) is 0 Å². The summed E-state index contributed by atoms with van der Waals surface area (Å²) >= 11 is 5.84. The maximum absolute atomic E-state index is 5.86. The summed E-state index contributed by atoms with van der Waals surface area (Å²) < 4.78 is 11.7. The number of rotatable bonds is 1. The van der Waals surface area contributed by atoms with Crippen LogP contribution in [0, 0.1) is 0 Å². The molecule has 86 valence electrons. The molecule has 0 radical (unpaired) electrons. The van der Waals surface area contributed by atoms with E-state index in [1.54, 1.807) is 6.07 Å².